The third kappa shape index (κ3) is 5.08. The van der Waals surface area contributed by atoms with Crippen LogP contribution in [0.1, 0.15) is 29.8 Å². The van der Waals surface area contributed by atoms with Crippen molar-refractivity contribution in [2.75, 3.05) is 18.5 Å². The summed E-state index contributed by atoms with van der Waals surface area (Å²) < 4.78 is 10.3. The van der Waals surface area contributed by atoms with E-state index in [2.05, 4.69) is 5.32 Å². The van der Waals surface area contributed by atoms with Crippen LogP contribution < -0.4 is 10.1 Å². The second-order valence-electron chi connectivity index (χ2n) is 6.21. The fourth-order valence-electron chi connectivity index (χ4n) is 2.79. The molecule has 29 heavy (non-hydrogen) atoms. The number of rotatable bonds is 8. The van der Waals surface area contributed by atoms with Gasteiger partial charge in [0.1, 0.15) is 5.75 Å². The van der Waals surface area contributed by atoms with E-state index in [9.17, 15) is 14.4 Å². The van der Waals surface area contributed by atoms with Crippen LogP contribution in [-0.4, -0.2) is 40.6 Å². The Hall–Kier alpha value is -3.00. The highest BCUT2D eigenvalue weighted by atomic mass is 32.2. The summed E-state index contributed by atoms with van der Waals surface area (Å²) in [5, 5.41) is 2.09. The minimum absolute atomic E-state index is 0.148. The van der Waals surface area contributed by atoms with Gasteiger partial charge < -0.3 is 14.8 Å². The first kappa shape index (κ1) is 20.7. The van der Waals surface area contributed by atoms with Gasteiger partial charge in [0.15, 0.2) is 5.37 Å². The minimum Gasteiger partial charge on any atom is -0.494 e. The average Bonchev–Trinajstić information content (AvgIpc) is 2.98. The van der Waals surface area contributed by atoms with Crippen LogP contribution in [0, 0.1) is 0 Å². The number of hydrogen-bond acceptors (Lipinski definition) is 7. The van der Waals surface area contributed by atoms with Crippen molar-refractivity contribution in [3.05, 3.63) is 59.7 Å². The highest BCUT2D eigenvalue weighted by Gasteiger charge is 2.39. The maximum atomic E-state index is 12.7. The zero-order chi connectivity index (χ0) is 20.8. The molecule has 0 aliphatic carbocycles. The molecule has 1 N–H and O–H groups in total. The van der Waals surface area contributed by atoms with Gasteiger partial charge in [-0.1, -0.05) is 12.1 Å². The number of nitrogens with one attached hydrogen (secondary N) is 1. The van der Waals surface area contributed by atoms with Crippen molar-refractivity contribution in [1.29, 1.82) is 0 Å². The Morgan fingerprint density at radius 2 is 1.72 bits per heavy atom. The Labute approximate surface area is 173 Å². The first-order valence-electron chi connectivity index (χ1n) is 9.29. The molecule has 1 aliphatic heterocycles. The predicted molar refractivity (Wildman–Crippen MR) is 111 cm³/mol. The first-order chi connectivity index (χ1) is 14.0. The fourth-order valence-corrected chi connectivity index (χ4v) is 3.70. The van der Waals surface area contributed by atoms with Crippen molar-refractivity contribution < 1.29 is 23.9 Å². The summed E-state index contributed by atoms with van der Waals surface area (Å²) in [7, 11) is 0. The molecular weight excluding hydrogens is 392 g/mol. The summed E-state index contributed by atoms with van der Waals surface area (Å²) in [6.07, 6.45) is 0. The van der Waals surface area contributed by atoms with Crippen LogP contribution in [-0.2, 0) is 16.1 Å². The van der Waals surface area contributed by atoms with Crippen LogP contribution in [0.5, 0.6) is 5.75 Å². The normalized spacial score (nSPS) is 16.1. The number of ether oxygens (including phenoxy) is 2. The lowest BCUT2D eigenvalue weighted by molar-refractivity contribution is -0.126. The van der Waals surface area contributed by atoms with Crippen molar-refractivity contribution in [3.63, 3.8) is 0 Å². The maximum absolute atomic E-state index is 12.7. The van der Waals surface area contributed by atoms with Gasteiger partial charge in [0.2, 0.25) is 0 Å². The van der Waals surface area contributed by atoms with E-state index in [1.807, 2.05) is 6.92 Å². The number of esters is 1. The molecule has 1 atom stereocenters. The molecule has 1 saturated heterocycles. The van der Waals surface area contributed by atoms with Crippen LogP contribution >= 0.6 is 11.8 Å². The third-order valence-electron chi connectivity index (χ3n) is 4.20. The lowest BCUT2D eigenvalue weighted by Gasteiger charge is -2.15. The zero-order valence-electron chi connectivity index (χ0n) is 16.2. The monoisotopic (exact) mass is 414 g/mol. The highest BCUT2D eigenvalue weighted by molar-refractivity contribution is 8.15. The van der Waals surface area contributed by atoms with Crippen molar-refractivity contribution in [2.45, 2.75) is 25.8 Å². The number of nitrogens with zero attached hydrogens (tertiary/aromatic N) is 1. The quantitative estimate of drug-likeness (QED) is 0.656. The van der Waals surface area contributed by atoms with E-state index in [0.717, 1.165) is 28.8 Å². The second kappa shape index (κ2) is 9.47. The molecule has 1 heterocycles. The van der Waals surface area contributed by atoms with E-state index in [1.165, 1.54) is 4.90 Å². The minimum atomic E-state index is -0.681. The highest BCUT2D eigenvalue weighted by Crippen LogP contribution is 2.30. The SMILES string of the molecule is CCOC(=O)c1ccc(CN2C(=O)SC(Nc3ccc(OCC)cc3)C2=O)cc1. The van der Waals surface area contributed by atoms with Gasteiger partial charge in [-0.15, -0.1) is 0 Å². The van der Waals surface area contributed by atoms with Crippen LogP contribution in [0.25, 0.3) is 0 Å². The van der Waals surface area contributed by atoms with Crippen LogP contribution in [0.4, 0.5) is 10.5 Å². The molecule has 7 nitrogen and oxygen atoms in total. The topological polar surface area (TPSA) is 84.9 Å². The van der Waals surface area contributed by atoms with Crippen molar-refractivity contribution >= 4 is 34.6 Å². The lowest BCUT2D eigenvalue weighted by atomic mass is 10.1. The van der Waals surface area contributed by atoms with Gasteiger partial charge in [-0.3, -0.25) is 14.5 Å². The summed E-state index contributed by atoms with van der Waals surface area (Å²) in [5.74, 6) is 0.0401. The summed E-state index contributed by atoms with van der Waals surface area (Å²) in [6, 6.07) is 13.9. The smallest absolute Gasteiger partial charge is 0.338 e. The van der Waals surface area contributed by atoms with Crippen LogP contribution in [0.15, 0.2) is 48.5 Å². The molecule has 3 rings (SSSR count). The molecule has 0 bridgehead atoms. The molecule has 1 aliphatic rings. The van der Waals surface area contributed by atoms with Crippen molar-refractivity contribution in [2.24, 2.45) is 0 Å². The van der Waals surface area contributed by atoms with E-state index in [4.69, 9.17) is 9.47 Å². The number of benzene rings is 2. The van der Waals surface area contributed by atoms with Crippen LogP contribution in [0.2, 0.25) is 0 Å². The van der Waals surface area contributed by atoms with Crippen molar-refractivity contribution in [3.8, 4) is 5.75 Å². The summed E-state index contributed by atoms with van der Waals surface area (Å²) >= 11 is 0.946. The lowest BCUT2D eigenvalue weighted by Crippen LogP contribution is -2.33. The van der Waals surface area contributed by atoms with Gasteiger partial charge in [-0.25, -0.2) is 4.79 Å². The number of carbonyl (C=O) groups is 3. The van der Waals surface area contributed by atoms with E-state index in [1.54, 1.807) is 55.5 Å². The molecule has 2 aromatic rings. The number of thioether (sulfide) groups is 1. The van der Waals surface area contributed by atoms with Gasteiger partial charge in [-0.05, 0) is 67.6 Å². The molecular formula is C21H22N2O5S. The number of amides is 2. The van der Waals surface area contributed by atoms with E-state index >= 15 is 0 Å². The Morgan fingerprint density at radius 1 is 1.03 bits per heavy atom. The van der Waals surface area contributed by atoms with Crippen molar-refractivity contribution in [1.82, 2.24) is 4.90 Å². The Kier molecular flexibility index (Phi) is 6.77. The molecule has 2 amide bonds. The Balaban J connectivity index is 1.62. The second-order valence-corrected chi connectivity index (χ2v) is 7.26. The molecule has 152 valence electrons. The Morgan fingerprint density at radius 3 is 2.34 bits per heavy atom. The zero-order valence-corrected chi connectivity index (χ0v) is 17.0. The van der Waals surface area contributed by atoms with Crippen LogP contribution in [0.3, 0.4) is 0 Å². The summed E-state index contributed by atoms with van der Waals surface area (Å²) in [6.45, 7) is 4.68. The number of carbonyl (C=O) groups excluding carboxylic acids is 3. The maximum Gasteiger partial charge on any atom is 0.338 e. The number of imide groups is 1. The van der Waals surface area contributed by atoms with Gasteiger partial charge in [0.25, 0.3) is 11.1 Å². The average molecular weight is 414 g/mol. The molecule has 8 heteroatoms. The number of hydrogen-bond donors (Lipinski definition) is 1. The molecule has 1 fully saturated rings. The molecule has 2 aromatic carbocycles. The fraction of sp³-hybridized carbons (Fsp3) is 0.286. The third-order valence-corrected chi connectivity index (χ3v) is 5.18. The largest absolute Gasteiger partial charge is 0.494 e. The molecule has 1 unspecified atom stereocenters. The molecule has 0 aromatic heterocycles. The first-order valence-corrected chi connectivity index (χ1v) is 10.2. The molecule has 0 spiro atoms. The number of anilines is 1. The molecule has 0 radical (unpaired) electrons. The van der Waals surface area contributed by atoms with Gasteiger partial charge in [0, 0.05) is 5.69 Å². The molecule has 0 saturated carbocycles. The van der Waals surface area contributed by atoms with E-state index < -0.39 is 11.3 Å². The van der Waals surface area contributed by atoms with E-state index in [-0.39, 0.29) is 17.7 Å². The summed E-state index contributed by atoms with van der Waals surface area (Å²) in [5.41, 5.74) is 1.91. The van der Waals surface area contributed by atoms with Gasteiger partial charge in [0.05, 0.1) is 25.3 Å². The van der Waals surface area contributed by atoms with Gasteiger partial charge in [-0.2, -0.15) is 0 Å². The Bertz CT molecular complexity index is 883. The standard InChI is InChI=1S/C21H22N2O5S/c1-3-27-17-11-9-16(10-12-17)22-18-19(24)23(21(26)29-18)13-14-5-7-15(8-6-14)20(25)28-4-2/h5-12,18,22H,3-4,13H2,1-2H3. The summed E-state index contributed by atoms with van der Waals surface area (Å²) in [4.78, 5) is 37.9. The predicted octanol–water partition coefficient (Wildman–Crippen LogP) is 3.90. The van der Waals surface area contributed by atoms with E-state index in [0.29, 0.717) is 18.8 Å². The van der Waals surface area contributed by atoms with Gasteiger partial charge >= 0.3 is 5.97 Å².